The van der Waals surface area contributed by atoms with Gasteiger partial charge in [-0.15, -0.1) is 0 Å². The number of benzene rings is 1. The van der Waals surface area contributed by atoms with Gasteiger partial charge in [0, 0.05) is 6.54 Å². The second kappa shape index (κ2) is 6.89. The van der Waals surface area contributed by atoms with Gasteiger partial charge in [-0.25, -0.2) is 4.79 Å². The third-order valence-corrected chi connectivity index (χ3v) is 2.87. The largest absolute Gasteiger partial charge is 0.495 e. The summed E-state index contributed by atoms with van der Waals surface area (Å²) in [4.78, 5) is 10.9. The van der Waals surface area contributed by atoms with Gasteiger partial charge in [-0.2, -0.15) is 0 Å². The van der Waals surface area contributed by atoms with E-state index in [0.29, 0.717) is 11.7 Å². The van der Waals surface area contributed by atoms with Gasteiger partial charge in [0.25, 0.3) is 0 Å². The molecule has 1 rings (SSSR count). The first kappa shape index (κ1) is 14.4. The minimum atomic E-state index is -0.928. The first-order valence-corrected chi connectivity index (χ1v) is 6.23. The first-order chi connectivity index (χ1) is 8.58. The molecule has 0 aliphatic rings. The molecule has 0 heterocycles. The van der Waals surface area contributed by atoms with Gasteiger partial charge in [-0.3, -0.25) is 0 Å². The van der Waals surface area contributed by atoms with Gasteiger partial charge >= 0.3 is 5.97 Å². The third-order valence-electron chi connectivity index (χ3n) is 2.87. The molecular formula is C14H21NO3. The Morgan fingerprint density at radius 2 is 2.22 bits per heavy atom. The summed E-state index contributed by atoms with van der Waals surface area (Å²) in [6.45, 7) is 5.14. The van der Waals surface area contributed by atoms with E-state index in [-0.39, 0.29) is 5.56 Å². The van der Waals surface area contributed by atoms with E-state index in [0.717, 1.165) is 25.1 Å². The predicted molar refractivity (Wildman–Crippen MR) is 72.5 cm³/mol. The van der Waals surface area contributed by atoms with Crippen molar-refractivity contribution in [2.45, 2.75) is 26.7 Å². The molecule has 0 aromatic heterocycles. The molecule has 100 valence electrons. The van der Waals surface area contributed by atoms with Gasteiger partial charge in [-0.05, 0) is 30.5 Å². The van der Waals surface area contributed by atoms with Gasteiger partial charge < -0.3 is 15.2 Å². The smallest absolute Gasteiger partial charge is 0.335 e. The van der Waals surface area contributed by atoms with E-state index in [1.54, 1.807) is 25.3 Å². The summed E-state index contributed by atoms with van der Waals surface area (Å²) < 4.78 is 5.22. The lowest BCUT2D eigenvalue weighted by Crippen LogP contribution is -2.12. The molecule has 0 saturated heterocycles. The highest BCUT2D eigenvalue weighted by molar-refractivity contribution is 5.89. The summed E-state index contributed by atoms with van der Waals surface area (Å²) in [5, 5.41) is 12.2. The molecule has 4 nitrogen and oxygen atoms in total. The molecule has 0 bridgehead atoms. The van der Waals surface area contributed by atoms with Crippen molar-refractivity contribution < 1.29 is 14.6 Å². The molecule has 1 aromatic rings. The Bertz CT molecular complexity index is 404. The molecular weight excluding hydrogens is 230 g/mol. The second-order valence-electron chi connectivity index (χ2n) is 4.49. The van der Waals surface area contributed by atoms with Crippen molar-refractivity contribution in [1.82, 2.24) is 0 Å². The number of rotatable bonds is 7. The van der Waals surface area contributed by atoms with Crippen molar-refractivity contribution in [1.29, 1.82) is 0 Å². The van der Waals surface area contributed by atoms with Crippen molar-refractivity contribution in [3.05, 3.63) is 23.8 Å². The van der Waals surface area contributed by atoms with Crippen molar-refractivity contribution >= 4 is 11.7 Å². The fraction of sp³-hybridized carbons (Fsp3) is 0.500. The van der Waals surface area contributed by atoms with Crippen LogP contribution in [0.1, 0.15) is 37.0 Å². The molecule has 4 heteroatoms. The lowest BCUT2D eigenvalue weighted by Gasteiger charge is -2.15. The van der Waals surface area contributed by atoms with Crippen molar-refractivity contribution in [3.63, 3.8) is 0 Å². The van der Waals surface area contributed by atoms with Crippen molar-refractivity contribution in [2.24, 2.45) is 5.92 Å². The molecule has 0 aliphatic heterocycles. The highest BCUT2D eigenvalue weighted by Gasteiger charge is 2.09. The zero-order valence-electron chi connectivity index (χ0n) is 11.2. The number of aromatic carboxylic acids is 1. The number of carbonyl (C=O) groups is 1. The normalized spacial score (nSPS) is 11.9. The first-order valence-electron chi connectivity index (χ1n) is 6.23. The average Bonchev–Trinajstić information content (AvgIpc) is 2.36. The van der Waals surface area contributed by atoms with Crippen LogP contribution in [0.3, 0.4) is 0 Å². The minimum absolute atomic E-state index is 0.265. The van der Waals surface area contributed by atoms with Crippen LogP contribution >= 0.6 is 0 Å². The Hall–Kier alpha value is -1.71. The zero-order chi connectivity index (χ0) is 13.5. The van der Waals surface area contributed by atoms with Crippen LogP contribution in [0.5, 0.6) is 5.75 Å². The van der Waals surface area contributed by atoms with Crippen molar-refractivity contribution in [2.75, 3.05) is 19.0 Å². The predicted octanol–water partition coefficient (Wildman–Crippen LogP) is 3.24. The lowest BCUT2D eigenvalue weighted by molar-refractivity contribution is 0.0697. The highest BCUT2D eigenvalue weighted by Crippen LogP contribution is 2.26. The Balaban J connectivity index is 2.78. The fourth-order valence-electron chi connectivity index (χ4n) is 1.86. The van der Waals surface area contributed by atoms with Gasteiger partial charge in [0.2, 0.25) is 0 Å². The van der Waals surface area contributed by atoms with E-state index in [1.807, 2.05) is 0 Å². The summed E-state index contributed by atoms with van der Waals surface area (Å²) in [5.74, 6) is 0.291. The molecule has 1 unspecified atom stereocenters. The van der Waals surface area contributed by atoms with Crippen LogP contribution in [0.2, 0.25) is 0 Å². The van der Waals surface area contributed by atoms with E-state index in [4.69, 9.17) is 9.84 Å². The highest BCUT2D eigenvalue weighted by atomic mass is 16.5. The number of hydrogen-bond acceptors (Lipinski definition) is 3. The lowest BCUT2D eigenvalue weighted by atomic mass is 10.1. The number of nitrogens with one attached hydrogen (secondary N) is 1. The summed E-state index contributed by atoms with van der Waals surface area (Å²) in [5.41, 5.74) is 1.00. The number of carboxylic acid groups (broad SMARTS) is 1. The molecule has 0 saturated carbocycles. The van der Waals surface area contributed by atoms with E-state index in [1.165, 1.54) is 0 Å². The molecule has 2 N–H and O–H groups in total. The van der Waals surface area contributed by atoms with Crippen LogP contribution in [-0.2, 0) is 0 Å². The van der Waals surface area contributed by atoms with E-state index >= 15 is 0 Å². The van der Waals surface area contributed by atoms with Gasteiger partial charge in [0.1, 0.15) is 5.75 Å². The Kier molecular flexibility index (Phi) is 5.49. The zero-order valence-corrected chi connectivity index (χ0v) is 11.2. The summed E-state index contributed by atoms with van der Waals surface area (Å²) in [6, 6.07) is 4.83. The maximum absolute atomic E-state index is 10.9. The molecule has 1 atom stereocenters. The number of ether oxygens (including phenoxy) is 1. The molecule has 0 fully saturated rings. The maximum Gasteiger partial charge on any atom is 0.335 e. The summed E-state index contributed by atoms with van der Waals surface area (Å²) in [7, 11) is 1.58. The molecule has 0 spiro atoms. The third kappa shape index (κ3) is 3.95. The number of anilines is 1. The quantitative estimate of drug-likeness (QED) is 0.781. The molecule has 0 aliphatic carbocycles. The maximum atomic E-state index is 10.9. The van der Waals surface area contributed by atoms with E-state index in [2.05, 4.69) is 19.2 Å². The van der Waals surface area contributed by atoms with Crippen LogP contribution in [-0.4, -0.2) is 24.7 Å². The average molecular weight is 251 g/mol. The fourth-order valence-corrected chi connectivity index (χ4v) is 1.86. The molecule has 1 aromatic carbocycles. The summed E-state index contributed by atoms with van der Waals surface area (Å²) in [6.07, 6.45) is 2.29. The molecule has 0 amide bonds. The minimum Gasteiger partial charge on any atom is -0.495 e. The van der Waals surface area contributed by atoms with E-state index < -0.39 is 5.97 Å². The van der Waals surface area contributed by atoms with Crippen LogP contribution in [0.15, 0.2) is 18.2 Å². The standard InChI is InChI=1S/C14H21NO3/c1-4-5-10(2)9-15-12-8-11(14(16)17)6-7-13(12)18-3/h6-8,10,15H,4-5,9H2,1-3H3,(H,16,17). The number of hydrogen-bond donors (Lipinski definition) is 2. The SMILES string of the molecule is CCCC(C)CNc1cc(C(=O)O)ccc1OC. The topological polar surface area (TPSA) is 58.6 Å². The van der Waals surface area contributed by atoms with Gasteiger partial charge in [0.05, 0.1) is 18.4 Å². The number of carboxylic acids is 1. The Morgan fingerprint density at radius 1 is 1.50 bits per heavy atom. The van der Waals surface area contributed by atoms with Crippen LogP contribution < -0.4 is 10.1 Å². The monoisotopic (exact) mass is 251 g/mol. The van der Waals surface area contributed by atoms with Gasteiger partial charge in [0.15, 0.2) is 0 Å². The van der Waals surface area contributed by atoms with Gasteiger partial charge in [-0.1, -0.05) is 20.3 Å². The molecule has 0 radical (unpaired) electrons. The van der Waals surface area contributed by atoms with E-state index in [9.17, 15) is 4.79 Å². The van der Waals surface area contributed by atoms with Crippen LogP contribution in [0.4, 0.5) is 5.69 Å². The van der Waals surface area contributed by atoms with Crippen molar-refractivity contribution in [3.8, 4) is 5.75 Å². The Labute approximate surface area is 108 Å². The Morgan fingerprint density at radius 3 is 2.78 bits per heavy atom. The number of methoxy groups -OCH3 is 1. The second-order valence-corrected chi connectivity index (χ2v) is 4.49. The van der Waals surface area contributed by atoms with Crippen LogP contribution in [0, 0.1) is 5.92 Å². The van der Waals surface area contributed by atoms with Crippen LogP contribution in [0.25, 0.3) is 0 Å². The molecule has 18 heavy (non-hydrogen) atoms. The summed E-state index contributed by atoms with van der Waals surface area (Å²) >= 11 is 0.